The highest BCUT2D eigenvalue weighted by atomic mass is 19.4. The first-order chi connectivity index (χ1) is 11.3. The van der Waals surface area contributed by atoms with Crippen molar-refractivity contribution in [1.82, 2.24) is 19.9 Å². The van der Waals surface area contributed by atoms with Crippen molar-refractivity contribution in [2.45, 2.75) is 18.6 Å². The van der Waals surface area contributed by atoms with Crippen molar-refractivity contribution in [2.24, 2.45) is 5.73 Å². The fraction of sp³-hybridized carbons (Fsp3) is 0.357. The summed E-state index contributed by atoms with van der Waals surface area (Å²) in [6, 6.07) is 4.53. The summed E-state index contributed by atoms with van der Waals surface area (Å²) in [5.41, 5.74) is 2.97. The molecule has 2 heterocycles. The van der Waals surface area contributed by atoms with Crippen LogP contribution < -0.4 is 5.73 Å². The third-order valence-electron chi connectivity index (χ3n) is 3.73. The Bertz CT molecular complexity index is 773. The zero-order valence-corrected chi connectivity index (χ0v) is 12.3. The lowest BCUT2D eigenvalue weighted by Crippen LogP contribution is -2.33. The molecule has 1 aromatic heterocycles. The molecule has 1 aliphatic rings. The largest absolute Gasteiger partial charge is 0.435 e. The molecule has 2 aromatic rings. The number of hydrogen-bond acceptors (Lipinski definition) is 4. The number of amides is 1. The van der Waals surface area contributed by atoms with Gasteiger partial charge in [-0.2, -0.15) is 13.2 Å². The minimum Gasteiger partial charge on any atom is -0.336 e. The highest BCUT2D eigenvalue weighted by Crippen LogP contribution is 2.34. The predicted molar refractivity (Wildman–Crippen MR) is 74.8 cm³/mol. The van der Waals surface area contributed by atoms with E-state index < -0.39 is 35.0 Å². The van der Waals surface area contributed by atoms with Gasteiger partial charge in [-0.15, -0.1) is 5.10 Å². The van der Waals surface area contributed by atoms with Gasteiger partial charge in [-0.25, -0.2) is 9.07 Å². The third-order valence-corrected chi connectivity index (χ3v) is 3.73. The maximum atomic E-state index is 13.8. The van der Waals surface area contributed by atoms with Crippen LogP contribution in [0.15, 0.2) is 24.3 Å². The number of para-hydroxylation sites is 1. The van der Waals surface area contributed by atoms with Gasteiger partial charge in [0.1, 0.15) is 11.5 Å². The average molecular weight is 343 g/mol. The van der Waals surface area contributed by atoms with E-state index >= 15 is 0 Å². The topological polar surface area (TPSA) is 77.0 Å². The van der Waals surface area contributed by atoms with E-state index in [4.69, 9.17) is 5.73 Å². The van der Waals surface area contributed by atoms with Crippen molar-refractivity contribution in [3.63, 3.8) is 0 Å². The molecular formula is C14H13F4N5O. The van der Waals surface area contributed by atoms with Crippen LogP contribution in [0.5, 0.6) is 0 Å². The standard InChI is InChI=1S/C14H13F4N5O/c15-9-3-1-2-4-10(9)23-12(14(16,17)18)11(20-21-23)13(24)22-6-5-8(19)7-22/h1-4,8H,5-7,19H2/t8-/m1/s1. The Morgan fingerprint density at radius 2 is 2.00 bits per heavy atom. The second-order valence-electron chi connectivity index (χ2n) is 5.45. The van der Waals surface area contributed by atoms with Gasteiger partial charge >= 0.3 is 6.18 Å². The van der Waals surface area contributed by atoms with Crippen LogP contribution in [0.3, 0.4) is 0 Å². The van der Waals surface area contributed by atoms with Crippen LogP contribution in [0, 0.1) is 5.82 Å². The summed E-state index contributed by atoms with van der Waals surface area (Å²) in [5.74, 6) is -1.83. The molecule has 0 aliphatic carbocycles. The number of rotatable bonds is 2. The van der Waals surface area contributed by atoms with E-state index in [1.807, 2.05) is 0 Å². The summed E-state index contributed by atoms with van der Waals surface area (Å²) in [6.07, 6.45) is -4.44. The lowest BCUT2D eigenvalue weighted by Gasteiger charge is -2.16. The second-order valence-corrected chi connectivity index (χ2v) is 5.45. The number of carbonyl (C=O) groups excluding carboxylic acids is 1. The van der Waals surface area contributed by atoms with E-state index in [0.29, 0.717) is 11.1 Å². The van der Waals surface area contributed by atoms with Crippen molar-refractivity contribution in [1.29, 1.82) is 0 Å². The summed E-state index contributed by atoms with van der Waals surface area (Å²) in [4.78, 5) is 13.5. The Morgan fingerprint density at radius 3 is 2.58 bits per heavy atom. The molecule has 0 spiro atoms. The van der Waals surface area contributed by atoms with Crippen LogP contribution >= 0.6 is 0 Å². The van der Waals surface area contributed by atoms with Gasteiger partial charge in [-0.05, 0) is 18.6 Å². The maximum Gasteiger partial charge on any atom is 0.435 e. The molecule has 6 nitrogen and oxygen atoms in total. The van der Waals surface area contributed by atoms with Crippen molar-refractivity contribution in [3.8, 4) is 5.69 Å². The van der Waals surface area contributed by atoms with E-state index in [-0.39, 0.29) is 19.1 Å². The van der Waals surface area contributed by atoms with E-state index in [1.165, 1.54) is 17.0 Å². The van der Waals surface area contributed by atoms with Gasteiger partial charge in [-0.3, -0.25) is 4.79 Å². The van der Waals surface area contributed by atoms with Crippen LogP contribution in [-0.2, 0) is 6.18 Å². The number of hydrogen-bond donors (Lipinski definition) is 1. The summed E-state index contributed by atoms with van der Waals surface area (Å²) in [7, 11) is 0. The van der Waals surface area contributed by atoms with Crippen molar-refractivity contribution < 1.29 is 22.4 Å². The molecule has 1 aliphatic heterocycles. The number of benzene rings is 1. The molecule has 0 unspecified atom stereocenters. The highest BCUT2D eigenvalue weighted by molar-refractivity contribution is 5.93. The molecule has 1 atom stereocenters. The first kappa shape index (κ1) is 16.4. The number of nitrogens with two attached hydrogens (primary N) is 1. The quantitative estimate of drug-likeness (QED) is 0.841. The molecule has 10 heteroatoms. The number of aromatic nitrogens is 3. The molecule has 2 N–H and O–H groups in total. The van der Waals surface area contributed by atoms with Crippen LogP contribution in [-0.4, -0.2) is 44.9 Å². The molecule has 1 aromatic carbocycles. The number of alkyl halides is 3. The molecule has 0 bridgehead atoms. The minimum absolute atomic E-state index is 0.142. The monoisotopic (exact) mass is 343 g/mol. The zero-order valence-electron chi connectivity index (χ0n) is 12.3. The van der Waals surface area contributed by atoms with Crippen LogP contribution in [0.1, 0.15) is 22.6 Å². The van der Waals surface area contributed by atoms with E-state index in [0.717, 1.165) is 12.1 Å². The van der Waals surface area contributed by atoms with E-state index in [2.05, 4.69) is 10.3 Å². The minimum atomic E-state index is -4.93. The number of halogens is 4. The second kappa shape index (κ2) is 5.86. The van der Waals surface area contributed by atoms with Crippen LogP contribution in [0.25, 0.3) is 5.69 Å². The van der Waals surface area contributed by atoms with Gasteiger partial charge < -0.3 is 10.6 Å². The zero-order chi connectivity index (χ0) is 17.5. The molecule has 1 amide bonds. The highest BCUT2D eigenvalue weighted by Gasteiger charge is 2.43. The fourth-order valence-corrected chi connectivity index (χ4v) is 2.59. The Labute approximate surface area is 133 Å². The normalized spacial score (nSPS) is 18.2. The third kappa shape index (κ3) is 2.84. The summed E-state index contributed by atoms with van der Waals surface area (Å²) in [6.45, 7) is 0.381. The molecule has 1 fully saturated rings. The smallest absolute Gasteiger partial charge is 0.336 e. The van der Waals surface area contributed by atoms with Gasteiger partial charge in [0.25, 0.3) is 5.91 Å². The molecule has 1 saturated heterocycles. The Hall–Kier alpha value is -2.49. The average Bonchev–Trinajstić information content (AvgIpc) is 3.13. The summed E-state index contributed by atoms with van der Waals surface area (Å²) in [5, 5.41) is 6.72. The molecule has 0 radical (unpaired) electrons. The Morgan fingerprint density at radius 1 is 1.29 bits per heavy atom. The Kier molecular flexibility index (Phi) is 3.99. The van der Waals surface area contributed by atoms with Gasteiger partial charge in [-0.1, -0.05) is 17.3 Å². The SMILES string of the molecule is N[C@@H]1CCN(C(=O)c2nnn(-c3ccccc3F)c2C(F)(F)F)C1. The Balaban J connectivity index is 2.09. The predicted octanol–water partition coefficient (Wildman–Crippen LogP) is 1.60. The van der Waals surface area contributed by atoms with Crippen LogP contribution in [0.2, 0.25) is 0 Å². The van der Waals surface area contributed by atoms with Crippen molar-refractivity contribution >= 4 is 5.91 Å². The molecule has 24 heavy (non-hydrogen) atoms. The van der Waals surface area contributed by atoms with Gasteiger partial charge in [0, 0.05) is 19.1 Å². The first-order valence-electron chi connectivity index (χ1n) is 7.11. The number of likely N-dealkylation sites (tertiary alicyclic amines) is 1. The maximum absolute atomic E-state index is 13.8. The van der Waals surface area contributed by atoms with Gasteiger partial charge in [0.05, 0.1) is 0 Å². The van der Waals surface area contributed by atoms with Crippen molar-refractivity contribution in [2.75, 3.05) is 13.1 Å². The lowest BCUT2D eigenvalue weighted by molar-refractivity contribution is -0.143. The van der Waals surface area contributed by atoms with Crippen molar-refractivity contribution in [3.05, 3.63) is 41.5 Å². The number of nitrogens with zero attached hydrogens (tertiary/aromatic N) is 4. The van der Waals surface area contributed by atoms with Gasteiger partial charge in [0.2, 0.25) is 0 Å². The molecule has 0 saturated carbocycles. The van der Waals surface area contributed by atoms with E-state index in [1.54, 1.807) is 0 Å². The molecule has 128 valence electrons. The summed E-state index contributed by atoms with van der Waals surface area (Å²) >= 11 is 0. The molecular weight excluding hydrogens is 330 g/mol. The lowest BCUT2D eigenvalue weighted by atomic mass is 10.2. The first-order valence-corrected chi connectivity index (χ1v) is 7.11. The molecule has 3 rings (SSSR count). The van der Waals surface area contributed by atoms with Crippen LogP contribution in [0.4, 0.5) is 17.6 Å². The summed E-state index contributed by atoms with van der Waals surface area (Å²) < 4.78 is 54.5. The van der Waals surface area contributed by atoms with Gasteiger partial charge in [0.15, 0.2) is 11.4 Å². The van der Waals surface area contributed by atoms with E-state index in [9.17, 15) is 22.4 Å². The fourth-order valence-electron chi connectivity index (χ4n) is 2.59. The number of carbonyl (C=O) groups is 1.